The summed E-state index contributed by atoms with van der Waals surface area (Å²) in [6.07, 6.45) is 2.40. The molecule has 1 fully saturated rings. The van der Waals surface area contributed by atoms with Gasteiger partial charge in [0.2, 0.25) is 5.91 Å². The average Bonchev–Trinajstić information content (AvgIpc) is 2.92. The minimum atomic E-state index is -4.68. The summed E-state index contributed by atoms with van der Waals surface area (Å²) in [7, 11) is -3.50. The molecule has 1 saturated heterocycles. The number of β-lactam (4-membered cyclic amide) rings is 1. The number of carboxylic acids is 2. The Morgan fingerprint density at radius 1 is 1.24 bits per heavy atom. The third-order valence-electron chi connectivity index (χ3n) is 6.08. The van der Waals surface area contributed by atoms with Crippen molar-refractivity contribution in [3.8, 4) is 5.75 Å². The van der Waals surface area contributed by atoms with E-state index in [0.29, 0.717) is 5.56 Å². The van der Waals surface area contributed by atoms with E-state index in [2.05, 4.69) is 9.50 Å². The van der Waals surface area contributed by atoms with Crippen LogP contribution < -0.4 is 15.2 Å². The molecule has 2 aliphatic heterocycles. The molecule has 0 aromatic heterocycles. The lowest BCUT2D eigenvalue weighted by Gasteiger charge is -2.55. The van der Waals surface area contributed by atoms with Gasteiger partial charge in [0.05, 0.1) is 0 Å². The molecule has 1 aromatic rings. The number of carbonyl (C=O) groups is 5. The zero-order valence-electron chi connectivity index (χ0n) is 21.9. The number of carboxylic acid groups (broad SMARTS) is 2. The van der Waals surface area contributed by atoms with E-state index in [4.69, 9.17) is 24.9 Å². The normalized spacial score (nSPS) is 20.9. The topological polar surface area (TPSA) is 249 Å². The molecule has 2 aliphatic rings. The second-order valence-corrected chi connectivity index (χ2v) is 11.0. The Morgan fingerprint density at radius 2 is 1.90 bits per heavy atom. The molecule has 3 atom stereocenters. The number of thioether (sulfide) groups is 1. The van der Waals surface area contributed by atoms with E-state index in [0.717, 1.165) is 22.7 Å². The third kappa shape index (κ3) is 7.65. The van der Waals surface area contributed by atoms with Crippen LogP contribution in [0.15, 0.2) is 41.6 Å². The number of nitrogens with one attached hydrogen (secondary N) is 1. The van der Waals surface area contributed by atoms with Crippen molar-refractivity contribution in [1.29, 1.82) is 0 Å². The number of hydrogen-bond donors (Lipinski definition) is 5. The molecular formula is C24H27N3O13S2. The second-order valence-electron chi connectivity index (χ2n) is 8.94. The number of amides is 2. The molecule has 2 heterocycles. The maximum atomic E-state index is 13.1. The summed E-state index contributed by atoms with van der Waals surface area (Å²) in [6.45, 7) is -0.453. The standard InChI is InChI=1S/C24H27N3O13S2/c1-38-24(26-17(28)4-2-3-16(25)20(30)31)22(34)27-19(21(32)33)14(12-41-23(24)27)11-39-18(29)10-7-13-5-8-15(9-6-13)40-42(35,36)37/h5-10,16,23H,2-4,11-12,25H2,1H3,(H,26,28)(H,30,31)(H,32,33)(H,35,36,37)/b10-7+/t16?,23?,24-/m0/s1. The minimum Gasteiger partial charge on any atom is -0.480 e. The number of nitrogens with zero attached hydrogens (tertiary/aromatic N) is 1. The highest BCUT2D eigenvalue weighted by Crippen LogP contribution is 2.46. The summed E-state index contributed by atoms with van der Waals surface area (Å²) >= 11 is 1.08. The quantitative estimate of drug-likeness (QED) is 0.0583. The monoisotopic (exact) mass is 629 g/mol. The number of hydrogen-bond acceptors (Lipinski definition) is 12. The van der Waals surface area contributed by atoms with Crippen LogP contribution in [0.3, 0.4) is 0 Å². The van der Waals surface area contributed by atoms with Crippen LogP contribution in [-0.4, -0.2) is 94.4 Å². The third-order valence-corrected chi connectivity index (χ3v) is 7.85. The molecule has 0 radical (unpaired) electrons. The van der Waals surface area contributed by atoms with Crippen molar-refractivity contribution < 1.29 is 60.8 Å². The number of benzene rings is 1. The van der Waals surface area contributed by atoms with Crippen LogP contribution in [0, 0.1) is 0 Å². The summed E-state index contributed by atoms with van der Waals surface area (Å²) < 4.78 is 44.9. The van der Waals surface area contributed by atoms with E-state index in [1.807, 2.05) is 0 Å². The molecule has 0 spiro atoms. The summed E-state index contributed by atoms with van der Waals surface area (Å²) in [5, 5.41) is 20.2. The fourth-order valence-electron chi connectivity index (χ4n) is 4.06. The lowest BCUT2D eigenvalue weighted by molar-refractivity contribution is -0.192. The van der Waals surface area contributed by atoms with Crippen LogP contribution >= 0.6 is 11.8 Å². The van der Waals surface area contributed by atoms with Crippen LogP contribution in [0.5, 0.6) is 5.75 Å². The SMILES string of the molecule is CO[C@@]1(NC(=O)CCCC(N)C(=O)O)C(=O)N2C(C(=O)O)=C(COC(=O)/C=C/c3ccc(OS(=O)(=O)O)cc3)CSC21. The van der Waals surface area contributed by atoms with Crippen molar-refractivity contribution in [1.82, 2.24) is 10.2 Å². The first kappa shape index (κ1) is 32.5. The van der Waals surface area contributed by atoms with Gasteiger partial charge < -0.3 is 34.9 Å². The van der Waals surface area contributed by atoms with Gasteiger partial charge in [0.25, 0.3) is 11.6 Å². The summed E-state index contributed by atoms with van der Waals surface area (Å²) in [5.41, 5.74) is 3.75. The maximum absolute atomic E-state index is 13.1. The molecule has 2 unspecified atom stereocenters. The molecule has 0 aliphatic carbocycles. The van der Waals surface area contributed by atoms with E-state index in [1.165, 1.54) is 37.5 Å². The molecule has 0 saturated carbocycles. The number of carbonyl (C=O) groups excluding carboxylic acids is 3. The Kier molecular flexibility index (Phi) is 10.3. The van der Waals surface area contributed by atoms with E-state index in [9.17, 15) is 37.5 Å². The van der Waals surface area contributed by atoms with Gasteiger partial charge in [-0.3, -0.25) is 23.8 Å². The fraction of sp³-hybridized carbons (Fsp3) is 0.375. The molecule has 16 nitrogen and oxygen atoms in total. The van der Waals surface area contributed by atoms with Crippen LogP contribution in [0.1, 0.15) is 24.8 Å². The van der Waals surface area contributed by atoms with E-state index < -0.39 is 69.6 Å². The number of esters is 1. The summed E-state index contributed by atoms with van der Waals surface area (Å²) in [4.78, 5) is 61.7. The number of aliphatic carboxylic acids is 2. The molecule has 6 N–H and O–H groups in total. The largest absolute Gasteiger partial charge is 0.480 e. The van der Waals surface area contributed by atoms with Gasteiger partial charge in [-0.15, -0.1) is 11.8 Å². The van der Waals surface area contributed by atoms with Gasteiger partial charge in [-0.05, 0) is 36.6 Å². The molecule has 42 heavy (non-hydrogen) atoms. The first-order valence-electron chi connectivity index (χ1n) is 12.1. The van der Waals surface area contributed by atoms with Gasteiger partial charge in [0, 0.05) is 30.9 Å². The fourth-order valence-corrected chi connectivity index (χ4v) is 5.83. The predicted octanol–water partition coefficient (Wildman–Crippen LogP) is -0.280. The smallest absolute Gasteiger partial charge is 0.446 e. The molecule has 18 heteroatoms. The molecular weight excluding hydrogens is 602 g/mol. The van der Waals surface area contributed by atoms with Gasteiger partial charge in [0.15, 0.2) is 0 Å². The Hall–Kier alpha value is -3.97. The van der Waals surface area contributed by atoms with E-state index >= 15 is 0 Å². The predicted molar refractivity (Wildman–Crippen MR) is 144 cm³/mol. The Bertz CT molecular complexity index is 1430. The Morgan fingerprint density at radius 3 is 2.48 bits per heavy atom. The summed E-state index contributed by atoms with van der Waals surface area (Å²) in [6, 6.07) is 4.13. The van der Waals surface area contributed by atoms with Crippen LogP contribution in [0.2, 0.25) is 0 Å². The van der Waals surface area contributed by atoms with Crippen LogP contribution in [0.25, 0.3) is 6.08 Å². The molecule has 1 aromatic carbocycles. The first-order chi connectivity index (χ1) is 19.7. The van der Waals surface area contributed by atoms with Gasteiger partial charge in [-0.25, -0.2) is 9.59 Å². The zero-order valence-corrected chi connectivity index (χ0v) is 23.6. The maximum Gasteiger partial charge on any atom is 0.446 e. The molecule has 0 bridgehead atoms. The van der Waals surface area contributed by atoms with Crippen molar-refractivity contribution >= 4 is 58.0 Å². The van der Waals surface area contributed by atoms with Gasteiger partial charge in [0.1, 0.15) is 29.5 Å². The number of nitrogens with two attached hydrogens (primary N) is 1. The highest BCUT2D eigenvalue weighted by Gasteiger charge is 2.66. The van der Waals surface area contributed by atoms with Crippen molar-refractivity contribution in [3.63, 3.8) is 0 Å². The Balaban J connectivity index is 1.63. The number of ether oxygens (including phenoxy) is 2. The Labute approximate surface area is 243 Å². The highest BCUT2D eigenvalue weighted by molar-refractivity contribution is 8.00. The first-order valence-corrected chi connectivity index (χ1v) is 14.5. The lowest BCUT2D eigenvalue weighted by atomic mass is 9.97. The van der Waals surface area contributed by atoms with E-state index in [-0.39, 0.29) is 36.3 Å². The van der Waals surface area contributed by atoms with Gasteiger partial charge in [-0.1, -0.05) is 12.1 Å². The number of fused-ring (bicyclic) bond motifs is 1. The second kappa shape index (κ2) is 13.3. The minimum absolute atomic E-state index is 0.0246. The number of rotatable bonds is 14. The zero-order chi connectivity index (χ0) is 31.2. The highest BCUT2D eigenvalue weighted by atomic mass is 32.3. The summed E-state index contributed by atoms with van der Waals surface area (Å²) in [5.74, 6) is -5.10. The van der Waals surface area contributed by atoms with Gasteiger partial charge in [-0.2, -0.15) is 8.42 Å². The average molecular weight is 630 g/mol. The van der Waals surface area contributed by atoms with Crippen molar-refractivity contribution in [2.45, 2.75) is 36.4 Å². The van der Waals surface area contributed by atoms with Crippen molar-refractivity contribution in [3.05, 3.63) is 47.2 Å². The molecule has 2 amide bonds. The van der Waals surface area contributed by atoms with Crippen LogP contribution in [-0.2, 0) is 43.8 Å². The molecule has 228 valence electrons. The van der Waals surface area contributed by atoms with Gasteiger partial charge >= 0.3 is 28.3 Å². The van der Waals surface area contributed by atoms with Crippen molar-refractivity contribution in [2.24, 2.45) is 5.73 Å². The molecule has 3 rings (SSSR count). The van der Waals surface area contributed by atoms with Crippen LogP contribution in [0.4, 0.5) is 0 Å². The van der Waals surface area contributed by atoms with E-state index in [1.54, 1.807) is 0 Å². The lowest BCUT2D eigenvalue weighted by Crippen LogP contribution is -2.80. The van der Waals surface area contributed by atoms with Crippen molar-refractivity contribution in [2.75, 3.05) is 19.5 Å². The number of methoxy groups -OCH3 is 1.